The van der Waals surface area contributed by atoms with Crippen LogP contribution in [0.4, 0.5) is 5.69 Å². The van der Waals surface area contributed by atoms with Crippen LogP contribution in [0, 0.1) is 6.92 Å². The fourth-order valence-electron chi connectivity index (χ4n) is 4.23. The Morgan fingerprint density at radius 3 is 2.76 bits per heavy atom. The lowest BCUT2D eigenvalue weighted by atomic mass is 10.1. The van der Waals surface area contributed by atoms with Gasteiger partial charge in [-0.2, -0.15) is 0 Å². The summed E-state index contributed by atoms with van der Waals surface area (Å²) in [4.78, 5) is 34.7. The van der Waals surface area contributed by atoms with E-state index in [-0.39, 0.29) is 11.5 Å². The van der Waals surface area contributed by atoms with Gasteiger partial charge in [-0.15, -0.1) is 11.3 Å². The number of benzene rings is 1. The number of rotatable bonds is 4. The molecule has 3 aromatic rings. The molecule has 1 amide bonds. The van der Waals surface area contributed by atoms with Gasteiger partial charge in [-0.25, -0.2) is 4.98 Å². The molecule has 5 nitrogen and oxygen atoms in total. The lowest BCUT2D eigenvalue weighted by Gasteiger charge is -2.23. The molecule has 3 heterocycles. The molecule has 0 bridgehead atoms. The van der Waals surface area contributed by atoms with Crippen LogP contribution in [0.15, 0.2) is 29.1 Å². The standard InChI is InChI=1S/C23H27N3O2S/c1-4-16-11-8-9-12-17(16)25(5-2)23(28)20-15(3)19-21(29-20)24-18-13-7-6-10-14-26(18)22(19)27/h8-9,11-12H,4-7,10,13-14H2,1-3H3. The molecule has 1 aromatic carbocycles. The van der Waals surface area contributed by atoms with Gasteiger partial charge >= 0.3 is 0 Å². The largest absolute Gasteiger partial charge is 0.308 e. The molecule has 0 saturated carbocycles. The normalized spacial score (nSPS) is 13.9. The van der Waals surface area contributed by atoms with Gasteiger partial charge in [-0.3, -0.25) is 14.2 Å². The predicted octanol–water partition coefficient (Wildman–Crippen LogP) is 4.72. The first-order valence-corrected chi connectivity index (χ1v) is 11.3. The van der Waals surface area contributed by atoms with Gasteiger partial charge in [0.05, 0.1) is 10.3 Å². The van der Waals surface area contributed by atoms with Gasteiger partial charge in [0.2, 0.25) is 0 Å². The van der Waals surface area contributed by atoms with E-state index in [0.29, 0.717) is 21.6 Å². The highest BCUT2D eigenvalue weighted by molar-refractivity contribution is 7.20. The Morgan fingerprint density at radius 2 is 2.00 bits per heavy atom. The molecule has 0 atom stereocenters. The van der Waals surface area contributed by atoms with Gasteiger partial charge in [0.15, 0.2) is 0 Å². The molecule has 29 heavy (non-hydrogen) atoms. The molecular weight excluding hydrogens is 382 g/mol. The molecule has 0 unspecified atom stereocenters. The maximum Gasteiger partial charge on any atom is 0.268 e. The summed E-state index contributed by atoms with van der Waals surface area (Å²) in [5.41, 5.74) is 2.86. The predicted molar refractivity (Wildman–Crippen MR) is 119 cm³/mol. The molecule has 4 rings (SSSR count). The van der Waals surface area contributed by atoms with Crippen LogP contribution < -0.4 is 10.5 Å². The van der Waals surface area contributed by atoms with Gasteiger partial charge in [0, 0.05) is 25.2 Å². The van der Waals surface area contributed by atoms with E-state index in [9.17, 15) is 9.59 Å². The first-order valence-electron chi connectivity index (χ1n) is 10.5. The minimum Gasteiger partial charge on any atom is -0.308 e. The molecule has 0 fully saturated rings. The summed E-state index contributed by atoms with van der Waals surface area (Å²) in [7, 11) is 0. The van der Waals surface area contributed by atoms with Crippen LogP contribution in [-0.4, -0.2) is 22.0 Å². The van der Waals surface area contributed by atoms with Crippen molar-refractivity contribution in [2.24, 2.45) is 0 Å². The number of aromatic nitrogens is 2. The van der Waals surface area contributed by atoms with Crippen molar-refractivity contribution in [1.82, 2.24) is 9.55 Å². The van der Waals surface area contributed by atoms with Crippen LogP contribution in [0.3, 0.4) is 0 Å². The Balaban J connectivity index is 1.83. The van der Waals surface area contributed by atoms with Crippen molar-refractivity contribution in [3.63, 3.8) is 0 Å². The number of aryl methyl sites for hydroxylation is 3. The van der Waals surface area contributed by atoms with Gasteiger partial charge in [-0.05, 0) is 50.3 Å². The summed E-state index contributed by atoms with van der Waals surface area (Å²) in [6.07, 6.45) is 4.89. The van der Waals surface area contributed by atoms with Crippen LogP contribution in [0.5, 0.6) is 0 Å². The Kier molecular flexibility index (Phi) is 5.54. The number of thiophene rings is 1. The highest BCUT2D eigenvalue weighted by atomic mass is 32.1. The summed E-state index contributed by atoms with van der Waals surface area (Å²) < 4.78 is 1.83. The number of hydrogen-bond donors (Lipinski definition) is 0. The summed E-state index contributed by atoms with van der Waals surface area (Å²) in [6.45, 7) is 7.27. The number of carbonyl (C=O) groups excluding carboxylic acids is 1. The number of hydrogen-bond acceptors (Lipinski definition) is 4. The quantitative estimate of drug-likeness (QED) is 0.626. The monoisotopic (exact) mass is 409 g/mol. The number of fused-ring (bicyclic) bond motifs is 2. The third-order valence-corrected chi connectivity index (χ3v) is 7.00. The van der Waals surface area contributed by atoms with E-state index in [0.717, 1.165) is 61.3 Å². The Morgan fingerprint density at radius 1 is 1.21 bits per heavy atom. The smallest absolute Gasteiger partial charge is 0.268 e. The fourth-order valence-corrected chi connectivity index (χ4v) is 5.37. The van der Waals surface area contributed by atoms with Gasteiger partial charge in [-0.1, -0.05) is 31.5 Å². The maximum atomic E-state index is 13.5. The third-order valence-electron chi connectivity index (χ3n) is 5.83. The van der Waals surface area contributed by atoms with E-state index in [2.05, 4.69) is 13.0 Å². The first-order chi connectivity index (χ1) is 14.1. The zero-order chi connectivity index (χ0) is 20.5. The molecule has 0 spiro atoms. The molecule has 1 aliphatic heterocycles. The minimum atomic E-state index is -0.0477. The lowest BCUT2D eigenvalue weighted by Crippen LogP contribution is -2.31. The van der Waals surface area contributed by atoms with E-state index < -0.39 is 0 Å². The molecule has 0 N–H and O–H groups in total. The van der Waals surface area contributed by atoms with E-state index in [1.54, 1.807) is 0 Å². The van der Waals surface area contributed by atoms with Gasteiger partial charge < -0.3 is 4.90 Å². The molecule has 152 valence electrons. The second kappa shape index (κ2) is 8.11. The molecule has 0 radical (unpaired) electrons. The van der Waals surface area contributed by atoms with Crippen LogP contribution >= 0.6 is 11.3 Å². The summed E-state index contributed by atoms with van der Waals surface area (Å²) >= 11 is 1.36. The van der Waals surface area contributed by atoms with Crippen molar-refractivity contribution in [3.8, 4) is 0 Å². The SMILES string of the molecule is CCc1ccccc1N(CC)C(=O)c1sc2nc3n(c(=O)c2c1C)CCCCC3. The second-order valence-electron chi connectivity index (χ2n) is 7.56. The number of anilines is 1. The zero-order valence-electron chi connectivity index (χ0n) is 17.3. The van der Waals surface area contributed by atoms with E-state index in [4.69, 9.17) is 4.98 Å². The Bertz CT molecular complexity index is 1130. The van der Waals surface area contributed by atoms with Gasteiger partial charge in [0.25, 0.3) is 11.5 Å². The van der Waals surface area contributed by atoms with Crippen LogP contribution in [0.1, 0.15) is 59.7 Å². The van der Waals surface area contributed by atoms with Crippen molar-refractivity contribution >= 4 is 33.1 Å². The summed E-state index contributed by atoms with van der Waals surface area (Å²) in [5, 5.41) is 0.615. The first kappa shape index (κ1) is 19.8. The third kappa shape index (κ3) is 3.39. The summed E-state index contributed by atoms with van der Waals surface area (Å²) in [5.74, 6) is 0.817. The maximum absolute atomic E-state index is 13.5. The molecule has 1 aliphatic rings. The summed E-state index contributed by atoms with van der Waals surface area (Å²) in [6, 6.07) is 8.03. The van der Waals surface area contributed by atoms with Crippen LogP contribution in [0.2, 0.25) is 0 Å². The number of para-hydroxylation sites is 1. The molecular formula is C23H27N3O2S. The lowest BCUT2D eigenvalue weighted by molar-refractivity contribution is 0.0991. The Labute approximate surface area is 175 Å². The fraction of sp³-hybridized carbons (Fsp3) is 0.435. The van der Waals surface area contributed by atoms with Crippen LogP contribution in [-0.2, 0) is 19.4 Å². The van der Waals surface area contributed by atoms with E-state index in [1.165, 1.54) is 11.3 Å². The zero-order valence-corrected chi connectivity index (χ0v) is 18.1. The number of nitrogens with zero attached hydrogens (tertiary/aromatic N) is 3. The molecule has 0 saturated heterocycles. The van der Waals surface area contributed by atoms with Crippen molar-refractivity contribution in [2.45, 2.75) is 59.4 Å². The van der Waals surface area contributed by atoms with E-state index in [1.807, 2.05) is 41.5 Å². The topological polar surface area (TPSA) is 55.2 Å². The van der Waals surface area contributed by atoms with Crippen molar-refractivity contribution in [3.05, 3.63) is 56.4 Å². The minimum absolute atomic E-state index is 0.0108. The highest BCUT2D eigenvalue weighted by Crippen LogP contribution is 2.31. The van der Waals surface area contributed by atoms with Crippen LogP contribution in [0.25, 0.3) is 10.2 Å². The molecule has 0 aliphatic carbocycles. The average molecular weight is 410 g/mol. The van der Waals surface area contributed by atoms with Crippen molar-refractivity contribution in [1.29, 1.82) is 0 Å². The highest BCUT2D eigenvalue weighted by Gasteiger charge is 2.26. The van der Waals surface area contributed by atoms with E-state index >= 15 is 0 Å². The second-order valence-corrected chi connectivity index (χ2v) is 8.56. The Hall–Kier alpha value is -2.47. The van der Waals surface area contributed by atoms with Gasteiger partial charge in [0.1, 0.15) is 10.7 Å². The molecule has 6 heteroatoms. The number of carbonyl (C=O) groups is 1. The average Bonchev–Trinajstić information content (AvgIpc) is 2.90. The van der Waals surface area contributed by atoms with Crippen molar-refractivity contribution in [2.75, 3.05) is 11.4 Å². The number of amides is 1. The van der Waals surface area contributed by atoms with Crippen molar-refractivity contribution < 1.29 is 4.79 Å². The molecule has 2 aromatic heterocycles.